The molecule has 7 heteroatoms. The van der Waals surface area contributed by atoms with Gasteiger partial charge in [-0.3, -0.25) is 10.1 Å². The predicted octanol–water partition coefficient (Wildman–Crippen LogP) is 2.47. The number of ether oxygens (including phenoxy) is 1. The van der Waals surface area contributed by atoms with Crippen molar-refractivity contribution in [1.29, 1.82) is 0 Å². The number of hydrogen-bond acceptors (Lipinski definition) is 6. The van der Waals surface area contributed by atoms with Crippen LogP contribution in [-0.2, 0) is 9.63 Å². The van der Waals surface area contributed by atoms with Crippen molar-refractivity contribution in [1.82, 2.24) is 5.06 Å². The van der Waals surface area contributed by atoms with Gasteiger partial charge in [0, 0.05) is 12.1 Å². The highest BCUT2D eigenvalue weighted by atomic mass is 16.7. The molecule has 0 radical (unpaired) electrons. The number of aryl methyl sites for hydroxylation is 1. The Kier molecular flexibility index (Phi) is 4.37. The van der Waals surface area contributed by atoms with Gasteiger partial charge in [-0.05, 0) is 39.3 Å². The molecular formula is C15H20N2O5. The molecule has 0 aliphatic carbocycles. The third-order valence-corrected chi connectivity index (χ3v) is 3.30. The first-order valence-electron chi connectivity index (χ1n) is 7.06. The maximum Gasteiger partial charge on any atom is 0.330 e. The summed E-state index contributed by atoms with van der Waals surface area (Å²) in [7, 11) is 0. The van der Waals surface area contributed by atoms with Crippen LogP contribution in [0.15, 0.2) is 18.2 Å². The van der Waals surface area contributed by atoms with E-state index in [4.69, 9.17) is 9.57 Å². The highest BCUT2D eigenvalue weighted by Gasteiger charge is 2.35. The zero-order valence-corrected chi connectivity index (χ0v) is 13.2. The van der Waals surface area contributed by atoms with E-state index in [-0.39, 0.29) is 17.8 Å². The molecular weight excluding hydrogens is 288 g/mol. The van der Waals surface area contributed by atoms with Gasteiger partial charge in [0.25, 0.3) is 5.69 Å². The number of non-ortho nitro benzene ring substituents is 1. The van der Waals surface area contributed by atoms with E-state index >= 15 is 0 Å². The average molecular weight is 308 g/mol. The number of carbonyl (C=O) groups is 1. The number of nitro benzene ring substituents is 1. The first-order valence-corrected chi connectivity index (χ1v) is 7.06. The summed E-state index contributed by atoms with van der Waals surface area (Å²) in [5.74, 6) is 0.329. The second kappa shape index (κ2) is 5.92. The molecule has 120 valence electrons. The third-order valence-electron chi connectivity index (χ3n) is 3.30. The van der Waals surface area contributed by atoms with Crippen molar-refractivity contribution in [2.45, 2.75) is 33.8 Å². The van der Waals surface area contributed by atoms with Gasteiger partial charge in [-0.2, -0.15) is 0 Å². The molecule has 0 N–H and O–H groups in total. The lowest BCUT2D eigenvalue weighted by molar-refractivity contribution is -0.384. The molecule has 1 heterocycles. The molecule has 2 rings (SSSR count). The lowest BCUT2D eigenvalue weighted by atomic mass is 9.98. The van der Waals surface area contributed by atoms with Crippen LogP contribution in [0, 0.1) is 22.5 Å². The lowest BCUT2D eigenvalue weighted by Crippen LogP contribution is -2.55. The van der Waals surface area contributed by atoms with Gasteiger partial charge in [-0.15, -0.1) is 5.06 Å². The van der Waals surface area contributed by atoms with Gasteiger partial charge in [-0.25, -0.2) is 4.79 Å². The molecule has 1 aromatic rings. The van der Waals surface area contributed by atoms with E-state index < -0.39 is 10.3 Å². The minimum Gasteiger partial charge on any atom is -0.487 e. The van der Waals surface area contributed by atoms with Crippen LogP contribution in [0.4, 0.5) is 5.69 Å². The Hall–Kier alpha value is -2.15. The lowest BCUT2D eigenvalue weighted by Gasteiger charge is -2.38. The Morgan fingerprint density at radius 2 is 2.00 bits per heavy atom. The highest BCUT2D eigenvalue weighted by molar-refractivity contribution is 5.75. The summed E-state index contributed by atoms with van der Waals surface area (Å²) >= 11 is 0. The average Bonchev–Trinajstić information content (AvgIpc) is 2.36. The van der Waals surface area contributed by atoms with Gasteiger partial charge in [0.15, 0.2) is 0 Å². The number of nitrogens with zero attached hydrogens (tertiary/aromatic N) is 2. The van der Waals surface area contributed by atoms with E-state index in [1.807, 2.05) is 0 Å². The summed E-state index contributed by atoms with van der Waals surface area (Å²) in [5.41, 5.74) is 0.208. The quantitative estimate of drug-likeness (QED) is 0.628. The SMILES string of the molecule is Cc1cc([N+](=O)[O-])ccc1OC1CN(OC(=O)C(C)(C)C)C1. The molecule has 0 atom stereocenters. The van der Waals surface area contributed by atoms with Crippen LogP contribution < -0.4 is 4.74 Å². The van der Waals surface area contributed by atoms with Crippen LogP contribution in [-0.4, -0.2) is 35.1 Å². The van der Waals surface area contributed by atoms with Crippen LogP contribution in [0.2, 0.25) is 0 Å². The van der Waals surface area contributed by atoms with Crippen molar-refractivity contribution in [3.8, 4) is 5.75 Å². The van der Waals surface area contributed by atoms with Crippen molar-refractivity contribution >= 4 is 11.7 Å². The molecule has 0 amide bonds. The third kappa shape index (κ3) is 3.73. The summed E-state index contributed by atoms with van der Waals surface area (Å²) in [5, 5.41) is 12.2. The van der Waals surface area contributed by atoms with Gasteiger partial charge >= 0.3 is 5.97 Å². The smallest absolute Gasteiger partial charge is 0.330 e. The molecule has 0 unspecified atom stereocenters. The Balaban J connectivity index is 1.85. The first kappa shape index (κ1) is 16.2. The van der Waals surface area contributed by atoms with Crippen molar-refractivity contribution in [3.05, 3.63) is 33.9 Å². The summed E-state index contributed by atoms with van der Waals surface area (Å²) in [6, 6.07) is 4.49. The van der Waals surface area contributed by atoms with E-state index in [2.05, 4.69) is 0 Å². The number of nitro groups is 1. The molecule has 22 heavy (non-hydrogen) atoms. The van der Waals surface area contributed by atoms with Gasteiger partial charge < -0.3 is 9.57 Å². The van der Waals surface area contributed by atoms with Crippen LogP contribution in [0.5, 0.6) is 5.75 Å². The minimum absolute atomic E-state index is 0.0409. The van der Waals surface area contributed by atoms with Gasteiger partial charge in [0.2, 0.25) is 0 Å². The topological polar surface area (TPSA) is 81.9 Å². The van der Waals surface area contributed by atoms with Crippen LogP contribution in [0.1, 0.15) is 26.3 Å². The number of benzene rings is 1. The predicted molar refractivity (Wildman–Crippen MR) is 79.4 cm³/mol. The van der Waals surface area contributed by atoms with Crippen molar-refractivity contribution in [2.75, 3.05) is 13.1 Å². The molecule has 1 aromatic carbocycles. The van der Waals surface area contributed by atoms with Gasteiger partial charge in [0.1, 0.15) is 11.9 Å². The molecule has 1 aliphatic heterocycles. The zero-order valence-electron chi connectivity index (χ0n) is 13.2. The standard InChI is InChI=1S/C15H20N2O5/c1-10-7-11(17(19)20)5-6-13(10)21-12-8-16(9-12)22-14(18)15(2,3)4/h5-7,12H,8-9H2,1-4H3. The summed E-state index contributed by atoms with van der Waals surface area (Å²) < 4.78 is 5.76. The molecule has 0 saturated carbocycles. The van der Waals surface area contributed by atoms with Gasteiger partial charge in [0.05, 0.1) is 23.4 Å². The summed E-state index contributed by atoms with van der Waals surface area (Å²) in [6.07, 6.45) is -0.0899. The highest BCUT2D eigenvalue weighted by Crippen LogP contribution is 2.26. The molecule has 1 aliphatic rings. The molecule has 0 aromatic heterocycles. The van der Waals surface area contributed by atoms with Gasteiger partial charge in [-0.1, -0.05) is 0 Å². The molecule has 1 saturated heterocycles. The Morgan fingerprint density at radius 3 is 2.50 bits per heavy atom. The number of hydroxylamine groups is 2. The Morgan fingerprint density at radius 1 is 1.36 bits per heavy atom. The monoisotopic (exact) mass is 308 g/mol. The van der Waals surface area contributed by atoms with E-state index in [1.165, 1.54) is 12.1 Å². The number of hydrogen-bond donors (Lipinski definition) is 0. The molecule has 7 nitrogen and oxygen atoms in total. The molecule has 1 fully saturated rings. The number of rotatable bonds is 4. The summed E-state index contributed by atoms with van der Waals surface area (Å²) in [6.45, 7) is 8.12. The molecule has 0 spiro atoms. The maximum absolute atomic E-state index is 11.7. The fourth-order valence-corrected chi connectivity index (χ4v) is 1.86. The Bertz CT molecular complexity index is 588. The molecule has 0 bridgehead atoms. The van der Waals surface area contributed by atoms with E-state index in [9.17, 15) is 14.9 Å². The Labute approximate surface area is 128 Å². The van der Waals surface area contributed by atoms with E-state index in [0.717, 1.165) is 0 Å². The largest absolute Gasteiger partial charge is 0.487 e. The minimum atomic E-state index is -0.541. The van der Waals surface area contributed by atoms with Crippen LogP contribution in [0.3, 0.4) is 0 Å². The van der Waals surface area contributed by atoms with Crippen molar-refractivity contribution in [2.24, 2.45) is 5.41 Å². The van der Waals surface area contributed by atoms with E-state index in [1.54, 1.807) is 38.8 Å². The zero-order chi connectivity index (χ0) is 16.5. The normalized spacial score (nSPS) is 16.0. The van der Waals surface area contributed by atoms with Crippen molar-refractivity contribution < 1.29 is 19.3 Å². The fraction of sp³-hybridized carbons (Fsp3) is 0.533. The van der Waals surface area contributed by atoms with E-state index in [0.29, 0.717) is 24.4 Å². The van der Waals surface area contributed by atoms with Crippen LogP contribution in [0.25, 0.3) is 0 Å². The first-order chi connectivity index (χ1) is 10.2. The number of carbonyl (C=O) groups excluding carboxylic acids is 1. The second-order valence-electron chi connectivity index (χ2n) is 6.42. The fourth-order valence-electron chi connectivity index (χ4n) is 1.86. The maximum atomic E-state index is 11.7. The summed E-state index contributed by atoms with van der Waals surface area (Å²) in [4.78, 5) is 27.2. The van der Waals surface area contributed by atoms with Crippen molar-refractivity contribution in [3.63, 3.8) is 0 Å². The van der Waals surface area contributed by atoms with Crippen LogP contribution >= 0.6 is 0 Å². The second-order valence-corrected chi connectivity index (χ2v) is 6.42.